The monoisotopic (exact) mass is 266 g/mol. The van der Waals surface area contributed by atoms with E-state index < -0.39 is 17.2 Å². The van der Waals surface area contributed by atoms with Crippen molar-refractivity contribution in [3.05, 3.63) is 23.8 Å². The summed E-state index contributed by atoms with van der Waals surface area (Å²) in [7, 11) is 4.51. The van der Waals surface area contributed by atoms with Crippen LogP contribution in [0.25, 0.3) is 0 Å². The van der Waals surface area contributed by atoms with Crippen LogP contribution in [-0.2, 0) is 19.9 Å². The van der Waals surface area contributed by atoms with E-state index in [1.807, 2.05) is 13.0 Å². The van der Waals surface area contributed by atoms with E-state index in [9.17, 15) is 4.79 Å². The third-order valence-corrected chi connectivity index (χ3v) is 3.77. The standard InChI is InChI=1S/C14H18O5/c1-13(14(2,19-13)12(15)18-5)10-8-9(16-3)6-7-11(10)17-4/h6-8H,1-5H3. The third-order valence-electron chi connectivity index (χ3n) is 3.77. The van der Waals surface area contributed by atoms with Gasteiger partial charge in [0.15, 0.2) is 5.60 Å². The van der Waals surface area contributed by atoms with E-state index in [0.717, 1.165) is 5.56 Å². The van der Waals surface area contributed by atoms with Crippen LogP contribution in [0.15, 0.2) is 18.2 Å². The van der Waals surface area contributed by atoms with Crippen LogP contribution in [0.4, 0.5) is 0 Å². The Morgan fingerprint density at radius 2 is 1.84 bits per heavy atom. The zero-order valence-electron chi connectivity index (χ0n) is 11.8. The maximum Gasteiger partial charge on any atom is 0.341 e. The van der Waals surface area contributed by atoms with Crippen molar-refractivity contribution in [2.75, 3.05) is 21.3 Å². The topological polar surface area (TPSA) is 57.3 Å². The first-order valence-corrected chi connectivity index (χ1v) is 5.94. The number of hydrogen-bond donors (Lipinski definition) is 0. The summed E-state index contributed by atoms with van der Waals surface area (Å²) in [5, 5.41) is 0. The lowest BCUT2D eigenvalue weighted by molar-refractivity contribution is -0.146. The molecule has 0 N–H and O–H groups in total. The van der Waals surface area contributed by atoms with E-state index in [1.54, 1.807) is 33.3 Å². The van der Waals surface area contributed by atoms with Gasteiger partial charge in [-0.05, 0) is 32.0 Å². The summed E-state index contributed by atoms with van der Waals surface area (Å²) >= 11 is 0. The van der Waals surface area contributed by atoms with Crippen molar-refractivity contribution in [1.82, 2.24) is 0 Å². The number of carbonyl (C=O) groups excluding carboxylic acids is 1. The third kappa shape index (κ3) is 1.85. The van der Waals surface area contributed by atoms with Crippen LogP contribution < -0.4 is 9.47 Å². The molecule has 0 spiro atoms. The van der Waals surface area contributed by atoms with Crippen molar-refractivity contribution < 1.29 is 23.7 Å². The zero-order chi connectivity index (χ0) is 14.3. The van der Waals surface area contributed by atoms with Crippen LogP contribution >= 0.6 is 0 Å². The lowest BCUT2D eigenvalue weighted by Crippen LogP contribution is -2.29. The van der Waals surface area contributed by atoms with Gasteiger partial charge in [-0.3, -0.25) is 0 Å². The van der Waals surface area contributed by atoms with Gasteiger partial charge >= 0.3 is 5.97 Å². The van der Waals surface area contributed by atoms with Crippen molar-refractivity contribution in [2.45, 2.75) is 25.0 Å². The summed E-state index contributed by atoms with van der Waals surface area (Å²) in [6.07, 6.45) is 0. The van der Waals surface area contributed by atoms with Gasteiger partial charge in [0, 0.05) is 5.56 Å². The summed E-state index contributed by atoms with van der Waals surface area (Å²) in [6.45, 7) is 3.54. The highest BCUT2D eigenvalue weighted by atomic mass is 16.7. The van der Waals surface area contributed by atoms with Crippen LogP contribution in [0.1, 0.15) is 19.4 Å². The average Bonchev–Trinajstić information content (AvgIpc) is 3.02. The van der Waals surface area contributed by atoms with Crippen molar-refractivity contribution in [2.24, 2.45) is 0 Å². The van der Waals surface area contributed by atoms with Gasteiger partial charge in [-0.1, -0.05) is 0 Å². The second-order valence-electron chi connectivity index (χ2n) is 4.73. The van der Waals surface area contributed by atoms with Gasteiger partial charge in [0.2, 0.25) is 0 Å². The minimum absolute atomic E-state index is 0.403. The molecular formula is C14H18O5. The Kier molecular flexibility index (Phi) is 3.18. The van der Waals surface area contributed by atoms with Gasteiger partial charge < -0.3 is 18.9 Å². The molecule has 2 unspecified atom stereocenters. The van der Waals surface area contributed by atoms with Gasteiger partial charge in [0.1, 0.15) is 17.1 Å². The van der Waals surface area contributed by atoms with E-state index >= 15 is 0 Å². The van der Waals surface area contributed by atoms with Crippen molar-refractivity contribution in [3.63, 3.8) is 0 Å². The molecule has 1 fully saturated rings. The smallest absolute Gasteiger partial charge is 0.341 e. The molecule has 0 bridgehead atoms. The highest BCUT2D eigenvalue weighted by molar-refractivity contribution is 5.85. The van der Waals surface area contributed by atoms with Crippen molar-refractivity contribution in [3.8, 4) is 11.5 Å². The molecule has 1 aliphatic rings. The van der Waals surface area contributed by atoms with Crippen LogP contribution in [-0.4, -0.2) is 32.9 Å². The van der Waals surface area contributed by atoms with E-state index in [1.165, 1.54) is 7.11 Å². The number of hydrogen-bond acceptors (Lipinski definition) is 5. The lowest BCUT2D eigenvalue weighted by Gasteiger charge is -2.16. The summed E-state index contributed by atoms with van der Waals surface area (Å²) < 4.78 is 21.0. The number of methoxy groups -OCH3 is 3. The molecule has 0 aromatic heterocycles. The van der Waals surface area contributed by atoms with E-state index in [2.05, 4.69) is 0 Å². The lowest BCUT2D eigenvalue weighted by atomic mass is 9.88. The largest absolute Gasteiger partial charge is 0.497 e. The second kappa shape index (κ2) is 4.42. The van der Waals surface area contributed by atoms with Crippen molar-refractivity contribution in [1.29, 1.82) is 0 Å². The quantitative estimate of drug-likeness (QED) is 0.615. The number of esters is 1. The molecule has 104 valence electrons. The number of epoxide rings is 1. The Morgan fingerprint density at radius 3 is 2.37 bits per heavy atom. The highest BCUT2D eigenvalue weighted by Gasteiger charge is 2.71. The molecule has 0 aliphatic carbocycles. The summed E-state index contributed by atoms with van der Waals surface area (Å²) in [5.74, 6) is 0.926. The second-order valence-corrected chi connectivity index (χ2v) is 4.73. The molecule has 2 atom stereocenters. The van der Waals surface area contributed by atoms with E-state index in [-0.39, 0.29) is 0 Å². The number of rotatable bonds is 4. The summed E-state index contributed by atoms with van der Waals surface area (Å²) in [6, 6.07) is 5.40. The van der Waals surface area contributed by atoms with Gasteiger partial charge in [0.05, 0.1) is 21.3 Å². The predicted molar refractivity (Wildman–Crippen MR) is 68.4 cm³/mol. The number of benzene rings is 1. The Balaban J connectivity index is 2.45. The van der Waals surface area contributed by atoms with Crippen LogP contribution in [0.2, 0.25) is 0 Å². The van der Waals surface area contributed by atoms with Crippen LogP contribution in [0, 0.1) is 0 Å². The van der Waals surface area contributed by atoms with Crippen LogP contribution in [0.3, 0.4) is 0 Å². The average molecular weight is 266 g/mol. The Morgan fingerprint density at radius 1 is 1.16 bits per heavy atom. The molecule has 5 heteroatoms. The van der Waals surface area contributed by atoms with E-state index in [4.69, 9.17) is 18.9 Å². The van der Waals surface area contributed by atoms with Crippen molar-refractivity contribution >= 4 is 5.97 Å². The van der Waals surface area contributed by atoms with Crippen LogP contribution in [0.5, 0.6) is 11.5 Å². The first-order chi connectivity index (χ1) is 8.92. The summed E-state index contributed by atoms with van der Waals surface area (Å²) in [5.41, 5.74) is -1.01. The normalized spacial score (nSPS) is 28.7. The maximum absolute atomic E-state index is 11.8. The zero-order valence-corrected chi connectivity index (χ0v) is 11.8. The minimum Gasteiger partial charge on any atom is -0.497 e. The first-order valence-electron chi connectivity index (χ1n) is 5.94. The molecule has 1 aliphatic heterocycles. The fourth-order valence-electron chi connectivity index (χ4n) is 2.31. The molecule has 0 saturated carbocycles. The molecule has 1 heterocycles. The number of ether oxygens (including phenoxy) is 4. The Hall–Kier alpha value is -1.75. The molecule has 0 amide bonds. The first kappa shape index (κ1) is 13.7. The maximum atomic E-state index is 11.8. The number of carbonyl (C=O) groups is 1. The fraction of sp³-hybridized carbons (Fsp3) is 0.500. The van der Waals surface area contributed by atoms with Gasteiger partial charge in [-0.2, -0.15) is 0 Å². The Labute approximate surface area is 112 Å². The molecule has 19 heavy (non-hydrogen) atoms. The van der Waals surface area contributed by atoms with Gasteiger partial charge in [-0.15, -0.1) is 0 Å². The molecule has 0 radical (unpaired) electrons. The van der Waals surface area contributed by atoms with Gasteiger partial charge in [-0.25, -0.2) is 4.79 Å². The molecule has 5 nitrogen and oxygen atoms in total. The molecular weight excluding hydrogens is 248 g/mol. The molecule has 1 aromatic rings. The van der Waals surface area contributed by atoms with E-state index in [0.29, 0.717) is 11.5 Å². The molecule has 2 rings (SSSR count). The fourth-order valence-corrected chi connectivity index (χ4v) is 2.31. The molecule has 1 saturated heterocycles. The Bertz CT molecular complexity index is 513. The highest BCUT2D eigenvalue weighted by Crippen LogP contribution is 2.58. The predicted octanol–water partition coefficient (Wildman–Crippen LogP) is 1.88. The molecule has 1 aromatic carbocycles. The minimum atomic E-state index is -0.999. The van der Waals surface area contributed by atoms with Gasteiger partial charge in [0.25, 0.3) is 0 Å². The summed E-state index contributed by atoms with van der Waals surface area (Å²) in [4.78, 5) is 11.8. The SMILES string of the molecule is COC(=O)C1(C)OC1(C)c1cc(OC)ccc1OC.